The van der Waals surface area contributed by atoms with Gasteiger partial charge in [-0.1, -0.05) is 30.3 Å². The molecule has 0 spiro atoms. The summed E-state index contributed by atoms with van der Waals surface area (Å²) < 4.78 is 10.6. The lowest BCUT2D eigenvalue weighted by molar-refractivity contribution is -0.126. The van der Waals surface area contributed by atoms with Gasteiger partial charge in [0.05, 0.1) is 19.3 Å². The molecule has 2 N–H and O–H groups in total. The molecular formula is C28H29N3O4. The Morgan fingerprint density at radius 2 is 1.97 bits per heavy atom. The minimum atomic E-state index is -0.248. The van der Waals surface area contributed by atoms with E-state index in [4.69, 9.17) is 9.15 Å². The van der Waals surface area contributed by atoms with Gasteiger partial charge in [0.25, 0.3) is 5.91 Å². The predicted octanol–water partition coefficient (Wildman–Crippen LogP) is 4.57. The van der Waals surface area contributed by atoms with Crippen LogP contribution < -0.4 is 10.1 Å². The number of rotatable bonds is 7. The molecule has 1 saturated heterocycles. The zero-order valence-electron chi connectivity index (χ0n) is 19.7. The van der Waals surface area contributed by atoms with E-state index in [0.29, 0.717) is 25.4 Å². The van der Waals surface area contributed by atoms with Crippen LogP contribution in [-0.2, 0) is 4.79 Å². The number of benzene rings is 2. The van der Waals surface area contributed by atoms with E-state index in [1.165, 1.54) is 6.26 Å². The monoisotopic (exact) mass is 471 g/mol. The zero-order valence-corrected chi connectivity index (χ0v) is 19.7. The van der Waals surface area contributed by atoms with Crippen molar-refractivity contribution in [2.45, 2.75) is 18.8 Å². The number of methoxy groups -OCH3 is 1. The average Bonchev–Trinajstić information content (AvgIpc) is 3.60. The molecular weight excluding hydrogens is 442 g/mol. The third-order valence-electron chi connectivity index (χ3n) is 6.81. The first kappa shape index (κ1) is 22.8. The summed E-state index contributed by atoms with van der Waals surface area (Å²) in [4.78, 5) is 31.0. The Morgan fingerprint density at radius 1 is 1.14 bits per heavy atom. The highest BCUT2D eigenvalue weighted by molar-refractivity contribution is 5.92. The zero-order chi connectivity index (χ0) is 24.2. The van der Waals surface area contributed by atoms with Gasteiger partial charge in [-0.3, -0.25) is 9.59 Å². The van der Waals surface area contributed by atoms with Crippen molar-refractivity contribution in [3.63, 3.8) is 0 Å². The van der Waals surface area contributed by atoms with Crippen LogP contribution in [0.15, 0.2) is 77.5 Å². The summed E-state index contributed by atoms with van der Waals surface area (Å²) in [5, 5.41) is 4.32. The number of amides is 2. The van der Waals surface area contributed by atoms with E-state index in [-0.39, 0.29) is 23.7 Å². The van der Waals surface area contributed by atoms with Gasteiger partial charge in [-0.25, -0.2) is 0 Å². The van der Waals surface area contributed by atoms with E-state index in [1.54, 1.807) is 24.1 Å². The first-order valence-electron chi connectivity index (χ1n) is 11.9. The minimum absolute atomic E-state index is 0.0275. The molecule has 0 radical (unpaired) electrons. The van der Waals surface area contributed by atoms with Crippen LogP contribution in [0.5, 0.6) is 5.75 Å². The number of hydrogen-bond acceptors (Lipinski definition) is 4. The number of para-hydroxylation sites is 1. The van der Waals surface area contributed by atoms with Crippen LogP contribution in [0.3, 0.4) is 0 Å². The van der Waals surface area contributed by atoms with E-state index in [0.717, 1.165) is 40.6 Å². The molecule has 1 aliphatic rings. The molecule has 0 unspecified atom stereocenters. The Balaban J connectivity index is 1.33. The number of aromatic nitrogens is 1. The third kappa shape index (κ3) is 4.80. The summed E-state index contributed by atoms with van der Waals surface area (Å²) in [6.07, 6.45) is 5.06. The number of aromatic amines is 1. The van der Waals surface area contributed by atoms with E-state index in [2.05, 4.69) is 22.4 Å². The van der Waals surface area contributed by atoms with Crippen LogP contribution >= 0.6 is 0 Å². The van der Waals surface area contributed by atoms with E-state index < -0.39 is 0 Å². The van der Waals surface area contributed by atoms with Crippen LogP contribution in [0.2, 0.25) is 0 Å². The minimum Gasteiger partial charge on any atom is -0.497 e. The topological polar surface area (TPSA) is 87.6 Å². The Kier molecular flexibility index (Phi) is 6.57. The maximum atomic E-state index is 13.2. The van der Waals surface area contributed by atoms with Gasteiger partial charge in [-0.05, 0) is 54.3 Å². The second-order valence-corrected chi connectivity index (χ2v) is 8.93. The van der Waals surface area contributed by atoms with Crippen LogP contribution in [0.25, 0.3) is 10.9 Å². The SMILES string of the molecule is COc1ccc([C@H](CNC(=O)[C@@H]2CCCN(C(=O)c3ccco3)C2)c2c[nH]c3ccccc23)cc1. The highest BCUT2D eigenvalue weighted by Crippen LogP contribution is 2.31. The van der Waals surface area contributed by atoms with Gasteiger partial charge in [-0.2, -0.15) is 0 Å². The molecule has 3 heterocycles. The maximum Gasteiger partial charge on any atom is 0.289 e. The van der Waals surface area contributed by atoms with Gasteiger partial charge < -0.3 is 24.4 Å². The largest absolute Gasteiger partial charge is 0.497 e. The van der Waals surface area contributed by atoms with Gasteiger partial charge in [0, 0.05) is 42.7 Å². The molecule has 2 aromatic carbocycles. The van der Waals surface area contributed by atoms with Crippen molar-refractivity contribution in [1.29, 1.82) is 0 Å². The maximum absolute atomic E-state index is 13.2. The molecule has 7 heteroatoms. The number of nitrogens with zero attached hydrogens (tertiary/aromatic N) is 1. The first-order valence-corrected chi connectivity index (χ1v) is 11.9. The lowest BCUT2D eigenvalue weighted by Crippen LogP contribution is -2.46. The van der Waals surface area contributed by atoms with Gasteiger partial charge in [0.15, 0.2) is 5.76 Å². The van der Waals surface area contributed by atoms with Crippen molar-refractivity contribution in [3.8, 4) is 5.75 Å². The number of piperidine rings is 1. The van der Waals surface area contributed by atoms with Crippen LogP contribution in [0, 0.1) is 5.92 Å². The molecule has 0 aliphatic carbocycles. The molecule has 5 rings (SSSR count). The van der Waals surface area contributed by atoms with Gasteiger partial charge in [-0.15, -0.1) is 0 Å². The number of ether oxygens (including phenoxy) is 1. The number of carbonyl (C=O) groups excluding carboxylic acids is 2. The summed E-state index contributed by atoms with van der Waals surface area (Å²) in [5.41, 5.74) is 3.28. The number of hydrogen-bond donors (Lipinski definition) is 2. The molecule has 2 aromatic heterocycles. The van der Waals surface area contributed by atoms with Crippen molar-refractivity contribution in [2.75, 3.05) is 26.7 Å². The Bertz CT molecular complexity index is 1290. The molecule has 7 nitrogen and oxygen atoms in total. The second kappa shape index (κ2) is 10.1. The first-order chi connectivity index (χ1) is 17.1. The Labute approximate surface area is 204 Å². The molecule has 2 amide bonds. The van der Waals surface area contributed by atoms with Crippen molar-refractivity contribution >= 4 is 22.7 Å². The summed E-state index contributed by atoms with van der Waals surface area (Å²) in [6.45, 7) is 1.48. The Morgan fingerprint density at radius 3 is 2.74 bits per heavy atom. The number of furan rings is 1. The molecule has 1 aliphatic heterocycles. The van der Waals surface area contributed by atoms with Crippen LogP contribution in [-0.4, -0.2) is 48.4 Å². The van der Waals surface area contributed by atoms with Crippen molar-refractivity contribution in [1.82, 2.24) is 15.2 Å². The number of H-pyrrole nitrogens is 1. The van der Waals surface area contributed by atoms with Crippen molar-refractivity contribution < 1.29 is 18.7 Å². The predicted molar refractivity (Wildman–Crippen MR) is 133 cm³/mol. The summed E-state index contributed by atoms with van der Waals surface area (Å²) in [6, 6.07) is 19.5. The summed E-state index contributed by atoms with van der Waals surface area (Å²) in [5.74, 6) is 0.624. The number of nitrogens with one attached hydrogen (secondary N) is 2. The van der Waals surface area contributed by atoms with Crippen molar-refractivity contribution in [3.05, 3.63) is 90.0 Å². The molecule has 180 valence electrons. The number of fused-ring (bicyclic) bond motifs is 1. The summed E-state index contributed by atoms with van der Waals surface area (Å²) in [7, 11) is 1.65. The van der Waals surface area contributed by atoms with Gasteiger partial charge >= 0.3 is 0 Å². The van der Waals surface area contributed by atoms with Crippen molar-refractivity contribution in [2.24, 2.45) is 5.92 Å². The van der Waals surface area contributed by atoms with Crippen LogP contribution in [0.1, 0.15) is 40.4 Å². The molecule has 2 atom stereocenters. The molecule has 0 bridgehead atoms. The third-order valence-corrected chi connectivity index (χ3v) is 6.81. The summed E-state index contributed by atoms with van der Waals surface area (Å²) >= 11 is 0. The van der Waals surface area contributed by atoms with Gasteiger partial charge in [0.2, 0.25) is 5.91 Å². The molecule has 4 aromatic rings. The highest BCUT2D eigenvalue weighted by Gasteiger charge is 2.30. The normalized spacial score (nSPS) is 16.7. The second-order valence-electron chi connectivity index (χ2n) is 8.93. The standard InChI is InChI=1S/C28H29N3O4/c1-34-21-12-10-19(11-13-21)23(24-17-29-25-8-3-2-7-22(24)25)16-30-27(32)20-6-4-14-31(18-20)28(33)26-9-5-15-35-26/h2-3,5,7-13,15,17,20,23,29H,4,6,14,16,18H2,1H3,(H,30,32)/t20-,23+/m1/s1. The molecule has 0 saturated carbocycles. The number of carbonyl (C=O) groups is 2. The fourth-order valence-corrected chi connectivity index (χ4v) is 4.90. The van der Waals surface area contributed by atoms with Gasteiger partial charge in [0.1, 0.15) is 5.75 Å². The lowest BCUT2D eigenvalue weighted by Gasteiger charge is -2.32. The lowest BCUT2D eigenvalue weighted by atomic mass is 9.90. The smallest absolute Gasteiger partial charge is 0.289 e. The average molecular weight is 472 g/mol. The van der Waals surface area contributed by atoms with E-state index in [9.17, 15) is 9.59 Å². The highest BCUT2D eigenvalue weighted by atomic mass is 16.5. The Hall–Kier alpha value is -4.00. The fourth-order valence-electron chi connectivity index (χ4n) is 4.90. The van der Waals surface area contributed by atoms with Crippen LogP contribution in [0.4, 0.5) is 0 Å². The van der Waals surface area contributed by atoms with E-state index in [1.807, 2.05) is 42.6 Å². The fraction of sp³-hybridized carbons (Fsp3) is 0.286. The number of likely N-dealkylation sites (tertiary alicyclic amines) is 1. The quantitative estimate of drug-likeness (QED) is 0.413. The molecule has 1 fully saturated rings. The van der Waals surface area contributed by atoms with E-state index >= 15 is 0 Å². The molecule has 35 heavy (non-hydrogen) atoms.